The third-order valence-corrected chi connectivity index (χ3v) is 5.26. The number of amides is 2. The van der Waals surface area contributed by atoms with Crippen molar-refractivity contribution in [2.24, 2.45) is 5.92 Å². The number of benzene rings is 1. The fourth-order valence-corrected chi connectivity index (χ4v) is 3.79. The van der Waals surface area contributed by atoms with Crippen molar-refractivity contribution in [2.45, 2.75) is 39.3 Å². The van der Waals surface area contributed by atoms with E-state index in [9.17, 15) is 9.59 Å². The number of ether oxygens (including phenoxy) is 2. The number of rotatable bonds is 10. The third-order valence-electron chi connectivity index (χ3n) is 5.26. The average Bonchev–Trinajstić information content (AvgIpc) is 3.46. The van der Waals surface area contributed by atoms with Gasteiger partial charge in [0.25, 0.3) is 5.91 Å². The third kappa shape index (κ3) is 6.34. The number of furan rings is 1. The molecule has 1 aliphatic heterocycles. The van der Waals surface area contributed by atoms with Gasteiger partial charge in [-0.25, -0.2) is 0 Å². The molecule has 1 unspecified atom stereocenters. The normalized spacial score (nSPS) is 15.8. The molecule has 1 saturated heterocycles. The standard InChI is InChI=1S/C24H32N2O5/c1-18(2)14-26(24(28)21-10-4-5-11-22(21)29-3)17-23(27)25(15-19-8-6-12-30-19)16-20-9-7-13-31-20/h4-6,8,10-12,18,20H,7,9,13-17H2,1-3H3. The van der Waals surface area contributed by atoms with Gasteiger partial charge in [-0.15, -0.1) is 0 Å². The lowest BCUT2D eigenvalue weighted by molar-refractivity contribution is -0.134. The van der Waals surface area contributed by atoms with Crippen molar-refractivity contribution in [3.8, 4) is 5.75 Å². The van der Waals surface area contributed by atoms with Gasteiger partial charge in [0.05, 0.1) is 31.6 Å². The summed E-state index contributed by atoms with van der Waals surface area (Å²) in [6.45, 7) is 6.07. The predicted octanol–water partition coefficient (Wildman–Crippen LogP) is 3.59. The number of methoxy groups -OCH3 is 1. The van der Waals surface area contributed by atoms with Crippen molar-refractivity contribution in [3.05, 3.63) is 54.0 Å². The van der Waals surface area contributed by atoms with E-state index in [0.29, 0.717) is 36.7 Å². The van der Waals surface area contributed by atoms with Crippen molar-refractivity contribution in [2.75, 3.05) is 33.4 Å². The van der Waals surface area contributed by atoms with Gasteiger partial charge in [-0.2, -0.15) is 0 Å². The molecule has 0 bridgehead atoms. The summed E-state index contributed by atoms with van der Waals surface area (Å²) < 4.78 is 16.6. The molecule has 3 rings (SSSR count). The lowest BCUT2D eigenvalue weighted by atomic mass is 10.1. The van der Waals surface area contributed by atoms with Gasteiger partial charge in [0.15, 0.2) is 0 Å². The predicted molar refractivity (Wildman–Crippen MR) is 117 cm³/mol. The van der Waals surface area contributed by atoms with Crippen LogP contribution in [0.5, 0.6) is 5.75 Å². The fraction of sp³-hybridized carbons (Fsp3) is 0.500. The smallest absolute Gasteiger partial charge is 0.258 e. The molecule has 7 heteroatoms. The minimum atomic E-state index is -0.213. The first-order valence-corrected chi connectivity index (χ1v) is 10.8. The van der Waals surface area contributed by atoms with E-state index in [1.54, 1.807) is 40.3 Å². The molecule has 31 heavy (non-hydrogen) atoms. The molecule has 2 aromatic rings. The number of hydrogen-bond acceptors (Lipinski definition) is 5. The lowest BCUT2D eigenvalue weighted by Gasteiger charge is -2.30. The molecule has 2 amide bonds. The van der Waals surface area contributed by atoms with Crippen molar-refractivity contribution < 1.29 is 23.5 Å². The van der Waals surface area contributed by atoms with Crippen LogP contribution >= 0.6 is 0 Å². The Labute approximate surface area is 183 Å². The van der Waals surface area contributed by atoms with Gasteiger partial charge in [0.2, 0.25) is 5.91 Å². The summed E-state index contributed by atoms with van der Waals surface area (Å²) in [5, 5.41) is 0. The molecule has 0 spiro atoms. The van der Waals surface area contributed by atoms with Crippen LogP contribution in [0.1, 0.15) is 42.8 Å². The summed E-state index contributed by atoms with van der Waals surface area (Å²) in [4.78, 5) is 30.0. The van der Waals surface area contributed by atoms with Crippen molar-refractivity contribution >= 4 is 11.8 Å². The lowest BCUT2D eigenvalue weighted by Crippen LogP contribution is -2.46. The van der Waals surface area contributed by atoms with Crippen molar-refractivity contribution in [1.82, 2.24) is 9.80 Å². The van der Waals surface area contributed by atoms with Gasteiger partial charge in [-0.1, -0.05) is 26.0 Å². The van der Waals surface area contributed by atoms with Gasteiger partial charge in [0, 0.05) is 19.7 Å². The first-order chi connectivity index (χ1) is 15.0. The van der Waals surface area contributed by atoms with Crippen LogP contribution in [0.2, 0.25) is 0 Å². The maximum Gasteiger partial charge on any atom is 0.258 e. The highest BCUT2D eigenvalue weighted by molar-refractivity contribution is 5.98. The Kier molecular flexibility index (Phi) is 8.12. The number of carbonyl (C=O) groups is 2. The van der Waals surface area contributed by atoms with Crippen LogP contribution in [0.4, 0.5) is 0 Å². The highest BCUT2D eigenvalue weighted by Crippen LogP contribution is 2.21. The first-order valence-electron chi connectivity index (χ1n) is 10.8. The SMILES string of the molecule is COc1ccccc1C(=O)N(CC(=O)N(Cc1ccco1)CC1CCCO1)CC(C)C. The Morgan fingerprint density at radius 3 is 2.61 bits per heavy atom. The molecule has 1 aromatic carbocycles. The Bertz CT molecular complexity index is 843. The maximum atomic E-state index is 13.3. The first kappa shape index (κ1) is 22.9. The molecular formula is C24H32N2O5. The second-order valence-electron chi connectivity index (χ2n) is 8.27. The zero-order valence-electron chi connectivity index (χ0n) is 18.6. The molecule has 0 aliphatic carbocycles. The number of para-hydroxylation sites is 1. The zero-order chi connectivity index (χ0) is 22.2. The molecule has 0 radical (unpaired) electrons. The van der Waals surface area contributed by atoms with Gasteiger partial charge in [-0.05, 0) is 43.0 Å². The minimum Gasteiger partial charge on any atom is -0.496 e. The Balaban J connectivity index is 1.78. The highest BCUT2D eigenvalue weighted by atomic mass is 16.5. The van der Waals surface area contributed by atoms with Gasteiger partial charge < -0.3 is 23.7 Å². The van der Waals surface area contributed by atoms with E-state index >= 15 is 0 Å². The number of hydrogen-bond donors (Lipinski definition) is 0. The van der Waals surface area contributed by atoms with Crippen LogP contribution < -0.4 is 4.74 Å². The van der Waals surface area contributed by atoms with Gasteiger partial charge >= 0.3 is 0 Å². The Morgan fingerprint density at radius 2 is 1.97 bits per heavy atom. The molecule has 1 atom stereocenters. The van der Waals surface area contributed by atoms with E-state index in [2.05, 4.69) is 0 Å². The van der Waals surface area contributed by atoms with E-state index in [4.69, 9.17) is 13.9 Å². The van der Waals surface area contributed by atoms with Gasteiger partial charge in [0.1, 0.15) is 18.1 Å². The topological polar surface area (TPSA) is 72.2 Å². The van der Waals surface area contributed by atoms with Crippen LogP contribution in [-0.2, 0) is 16.1 Å². The van der Waals surface area contributed by atoms with Crippen LogP contribution in [0.25, 0.3) is 0 Å². The largest absolute Gasteiger partial charge is 0.496 e. The highest BCUT2D eigenvalue weighted by Gasteiger charge is 2.28. The van der Waals surface area contributed by atoms with E-state index in [0.717, 1.165) is 19.4 Å². The minimum absolute atomic E-state index is 0.0114. The average molecular weight is 429 g/mol. The summed E-state index contributed by atoms with van der Waals surface area (Å²) in [6, 6.07) is 10.8. The van der Waals surface area contributed by atoms with Crippen LogP contribution in [0.15, 0.2) is 47.1 Å². The molecule has 0 saturated carbocycles. The van der Waals surface area contributed by atoms with Crippen LogP contribution in [0.3, 0.4) is 0 Å². The van der Waals surface area contributed by atoms with Crippen LogP contribution in [0, 0.1) is 5.92 Å². The van der Waals surface area contributed by atoms with Crippen LogP contribution in [-0.4, -0.2) is 61.1 Å². The molecule has 0 N–H and O–H groups in total. The van der Waals surface area contributed by atoms with Crippen molar-refractivity contribution in [3.63, 3.8) is 0 Å². The van der Waals surface area contributed by atoms with Gasteiger partial charge in [-0.3, -0.25) is 9.59 Å². The number of carbonyl (C=O) groups excluding carboxylic acids is 2. The number of nitrogens with zero attached hydrogens (tertiary/aromatic N) is 2. The molecule has 2 heterocycles. The molecule has 1 fully saturated rings. The zero-order valence-corrected chi connectivity index (χ0v) is 18.6. The Morgan fingerprint density at radius 1 is 1.16 bits per heavy atom. The monoisotopic (exact) mass is 428 g/mol. The van der Waals surface area contributed by atoms with E-state index in [1.807, 2.05) is 26.0 Å². The van der Waals surface area contributed by atoms with Crippen molar-refractivity contribution in [1.29, 1.82) is 0 Å². The Hall–Kier alpha value is -2.80. The van der Waals surface area contributed by atoms with E-state index in [-0.39, 0.29) is 30.4 Å². The summed E-state index contributed by atoms with van der Waals surface area (Å²) in [5.74, 6) is 1.08. The van der Waals surface area contributed by atoms with E-state index in [1.165, 1.54) is 7.11 Å². The molecular weight excluding hydrogens is 396 g/mol. The van der Waals surface area contributed by atoms with E-state index < -0.39 is 0 Å². The summed E-state index contributed by atoms with van der Waals surface area (Å²) in [5.41, 5.74) is 0.454. The molecule has 7 nitrogen and oxygen atoms in total. The summed E-state index contributed by atoms with van der Waals surface area (Å²) >= 11 is 0. The molecule has 1 aliphatic rings. The fourth-order valence-electron chi connectivity index (χ4n) is 3.79. The maximum absolute atomic E-state index is 13.3. The second-order valence-corrected chi connectivity index (χ2v) is 8.27. The molecule has 1 aromatic heterocycles. The summed E-state index contributed by atoms with van der Waals surface area (Å²) in [7, 11) is 1.54. The molecule has 168 valence electrons. The summed E-state index contributed by atoms with van der Waals surface area (Å²) in [6.07, 6.45) is 3.54. The second kappa shape index (κ2) is 11.0. The quantitative estimate of drug-likeness (QED) is 0.578.